The van der Waals surface area contributed by atoms with Crippen molar-refractivity contribution in [2.45, 2.75) is 39.3 Å². The second-order valence-corrected chi connectivity index (χ2v) is 8.42. The highest BCUT2D eigenvalue weighted by atomic mass is 127. The molecule has 0 aliphatic heterocycles. The van der Waals surface area contributed by atoms with E-state index in [4.69, 9.17) is 4.74 Å². The van der Waals surface area contributed by atoms with Crippen molar-refractivity contribution in [3.63, 3.8) is 0 Å². The van der Waals surface area contributed by atoms with Gasteiger partial charge in [0.15, 0.2) is 5.96 Å². The van der Waals surface area contributed by atoms with Gasteiger partial charge in [-0.25, -0.2) is 4.79 Å². The lowest BCUT2D eigenvalue weighted by Gasteiger charge is -2.19. The summed E-state index contributed by atoms with van der Waals surface area (Å²) < 4.78 is 5.27. The van der Waals surface area contributed by atoms with Crippen molar-refractivity contribution < 1.29 is 9.53 Å². The van der Waals surface area contributed by atoms with Crippen molar-refractivity contribution >= 4 is 52.6 Å². The van der Waals surface area contributed by atoms with Crippen LogP contribution in [0.4, 0.5) is 10.5 Å². The number of carbonyl (C=O) groups excluding carboxylic acids is 1. The van der Waals surface area contributed by atoms with Gasteiger partial charge < -0.3 is 15.4 Å². The Morgan fingerprint density at radius 3 is 2.45 bits per heavy atom. The molecule has 2 aromatic carbocycles. The van der Waals surface area contributed by atoms with Crippen LogP contribution in [0.3, 0.4) is 0 Å². The third kappa shape index (κ3) is 8.53. The zero-order valence-electron chi connectivity index (χ0n) is 19.5. The monoisotopic (exact) mass is 561 g/mol. The summed E-state index contributed by atoms with van der Waals surface area (Å²) in [6, 6.07) is 17.9. The molecule has 0 saturated carbocycles. The smallest absolute Gasteiger partial charge is 0.412 e. The molecule has 0 aliphatic carbocycles. The lowest BCUT2D eigenvalue weighted by molar-refractivity contribution is 0.0636. The molecule has 1 amide bonds. The fourth-order valence-corrected chi connectivity index (χ4v) is 3.21. The third-order valence-corrected chi connectivity index (χ3v) is 4.69. The van der Waals surface area contributed by atoms with E-state index in [0.29, 0.717) is 12.2 Å². The molecule has 0 saturated heterocycles. The Hall–Kier alpha value is -2.88. The van der Waals surface area contributed by atoms with Gasteiger partial charge >= 0.3 is 6.09 Å². The molecule has 8 heteroatoms. The molecule has 3 rings (SSSR count). The molecule has 33 heavy (non-hydrogen) atoms. The predicted molar refractivity (Wildman–Crippen MR) is 145 cm³/mol. The number of halogens is 1. The average molecular weight is 561 g/mol. The molecular weight excluding hydrogens is 529 g/mol. The van der Waals surface area contributed by atoms with Gasteiger partial charge in [-0.1, -0.05) is 36.4 Å². The van der Waals surface area contributed by atoms with E-state index in [-0.39, 0.29) is 24.0 Å². The normalized spacial score (nSPS) is 11.5. The van der Waals surface area contributed by atoms with E-state index in [2.05, 4.69) is 44.1 Å². The van der Waals surface area contributed by atoms with Gasteiger partial charge in [0.1, 0.15) is 5.60 Å². The number of benzene rings is 2. The Bertz CT molecular complexity index is 1070. The molecule has 0 radical (unpaired) electrons. The number of fused-ring (bicyclic) bond motifs is 1. The fourth-order valence-electron chi connectivity index (χ4n) is 3.21. The van der Waals surface area contributed by atoms with Gasteiger partial charge in [0.05, 0.1) is 5.52 Å². The van der Waals surface area contributed by atoms with Crippen LogP contribution in [0.5, 0.6) is 0 Å². The second kappa shape index (κ2) is 12.4. The van der Waals surface area contributed by atoms with Crippen molar-refractivity contribution in [3.8, 4) is 0 Å². The molecule has 0 fully saturated rings. The minimum absolute atomic E-state index is 0. The van der Waals surface area contributed by atoms with E-state index in [9.17, 15) is 4.79 Å². The first kappa shape index (κ1) is 26.4. The maximum Gasteiger partial charge on any atom is 0.412 e. The number of amides is 1. The highest BCUT2D eigenvalue weighted by Crippen LogP contribution is 2.16. The Balaban J connectivity index is 0.00000385. The number of anilines is 1. The van der Waals surface area contributed by atoms with Gasteiger partial charge in [0, 0.05) is 37.4 Å². The SMILES string of the molecule is CN=C(NCCc1ccc(NC(=O)OC(C)(C)C)cc1)NCc1cccc2cccnc12.I. The number of nitrogens with one attached hydrogen (secondary N) is 3. The maximum atomic E-state index is 11.9. The van der Waals surface area contributed by atoms with E-state index < -0.39 is 11.7 Å². The van der Waals surface area contributed by atoms with Crippen LogP contribution in [-0.4, -0.2) is 36.2 Å². The zero-order valence-corrected chi connectivity index (χ0v) is 21.8. The molecule has 0 aliphatic rings. The van der Waals surface area contributed by atoms with E-state index in [1.807, 2.05) is 63.4 Å². The number of hydrogen-bond donors (Lipinski definition) is 3. The summed E-state index contributed by atoms with van der Waals surface area (Å²) >= 11 is 0. The number of rotatable bonds is 6. The summed E-state index contributed by atoms with van der Waals surface area (Å²) in [5.41, 5.74) is 3.46. The quantitative estimate of drug-likeness (QED) is 0.221. The van der Waals surface area contributed by atoms with Crippen LogP contribution in [0.2, 0.25) is 0 Å². The van der Waals surface area contributed by atoms with Gasteiger partial charge in [0.2, 0.25) is 0 Å². The third-order valence-electron chi connectivity index (χ3n) is 4.69. The number of aromatic nitrogens is 1. The van der Waals surface area contributed by atoms with E-state index in [0.717, 1.165) is 41.0 Å². The number of carbonyl (C=O) groups is 1. The number of ether oxygens (including phenoxy) is 1. The largest absolute Gasteiger partial charge is 0.444 e. The Labute approximate surface area is 212 Å². The first-order valence-corrected chi connectivity index (χ1v) is 10.7. The molecule has 1 aromatic heterocycles. The number of aliphatic imine (C=N–C) groups is 1. The molecule has 1 heterocycles. The van der Waals surface area contributed by atoms with Crippen LogP contribution in [0.1, 0.15) is 31.9 Å². The highest BCUT2D eigenvalue weighted by Gasteiger charge is 2.16. The molecule has 0 atom stereocenters. The van der Waals surface area contributed by atoms with Gasteiger partial charge in [-0.05, 0) is 56.5 Å². The second-order valence-electron chi connectivity index (χ2n) is 8.42. The Morgan fingerprint density at radius 1 is 1.03 bits per heavy atom. The number of para-hydroxylation sites is 1. The molecule has 0 spiro atoms. The molecule has 0 unspecified atom stereocenters. The standard InChI is InChI=1S/C25H31N5O2.HI/c1-25(2,3)32-24(31)30-21-12-10-18(11-13-21)14-16-28-23(26-4)29-17-20-8-5-7-19-9-6-15-27-22(19)20;/h5-13,15H,14,16-17H2,1-4H3,(H,30,31)(H2,26,28,29);1H. The maximum absolute atomic E-state index is 11.9. The molecule has 3 aromatic rings. The Morgan fingerprint density at radius 2 is 1.76 bits per heavy atom. The number of nitrogens with zero attached hydrogens (tertiary/aromatic N) is 2. The van der Waals surface area contributed by atoms with Gasteiger partial charge in [-0.3, -0.25) is 15.3 Å². The first-order valence-electron chi connectivity index (χ1n) is 10.7. The van der Waals surface area contributed by atoms with E-state index in [1.54, 1.807) is 7.05 Å². The van der Waals surface area contributed by atoms with Gasteiger partial charge in [-0.15, -0.1) is 24.0 Å². The van der Waals surface area contributed by atoms with Crippen molar-refractivity contribution in [1.29, 1.82) is 0 Å². The molecular formula is C25H32IN5O2. The summed E-state index contributed by atoms with van der Waals surface area (Å²) in [6.07, 6.45) is 2.18. The van der Waals surface area contributed by atoms with Gasteiger partial charge in [0.25, 0.3) is 0 Å². The molecule has 176 valence electrons. The molecule has 7 nitrogen and oxygen atoms in total. The van der Waals surface area contributed by atoms with E-state index >= 15 is 0 Å². The fraction of sp³-hybridized carbons (Fsp3) is 0.320. The Kier molecular flexibility index (Phi) is 9.90. The van der Waals surface area contributed by atoms with Crippen LogP contribution in [-0.2, 0) is 17.7 Å². The average Bonchev–Trinajstić information content (AvgIpc) is 2.76. The summed E-state index contributed by atoms with van der Waals surface area (Å²) in [7, 11) is 1.76. The van der Waals surface area contributed by atoms with Crippen LogP contribution in [0.15, 0.2) is 65.8 Å². The van der Waals surface area contributed by atoms with E-state index in [1.165, 1.54) is 0 Å². The van der Waals surface area contributed by atoms with Crippen LogP contribution >= 0.6 is 24.0 Å². The number of hydrogen-bond acceptors (Lipinski definition) is 4. The summed E-state index contributed by atoms with van der Waals surface area (Å²) in [4.78, 5) is 20.7. The zero-order chi connectivity index (χ0) is 23.0. The predicted octanol–water partition coefficient (Wildman–Crippen LogP) is 5.11. The van der Waals surface area contributed by atoms with Gasteiger partial charge in [-0.2, -0.15) is 0 Å². The minimum Gasteiger partial charge on any atom is -0.444 e. The topological polar surface area (TPSA) is 87.6 Å². The first-order chi connectivity index (χ1) is 15.3. The summed E-state index contributed by atoms with van der Waals surface area (Å²) in [5, 5.41) is 10.6. The number of pyridine rings is 1. The molecule has 3 N–H and O–H groups in total. The number of guanidine groups is 1. The van der Waals surface area contributed by atoms with Crippen LogP contribution in [0.25, 0.3) is 10.9 Å². The van der Waals surface area contributed by atoms with Crippen molar-refractivity contribution in [1.82, 2.24) is 15.6 Å². The minimum atomic E-state index is -0.521. The summed E-state index contributed by atoms with van der Waals surface area (Å²) in [6.45, 7) is 6.88. The summed E-state index contributed by atoms with van der Waals surface area (Å²) in [5.74, 6) is 0.737. The van der Waals surface area contributed by atoms with Crippen LogP contribution < -0.4 is 16.0 Å². The lowest BCUT2D eigenvalue weighted by Crippen LogP contribution is -2.37. The van der Waals surface area contributed by atoms with Crippen molar-refractivity contribution in [2.24, 2.45) is 4.99 Å². The lowest BCUT2D eigenvalue weighted by atomic mass is 10.1. The highest BCUT2D eigenvalue weighted by molar-refractivity contribution is 14.0. The van der Waals surface area contributed by atoms with Crippen LogP contribution in [0, 0.1) is 0 Å². The molecule has 0 bridgehead atoms. The van der Waals surface area contributed by atoms with Crippen molar-refractivity contribution in [2.75, 3.05) is 18.9 Å². The van der Waals surface area contributed by atoms with Crippen molar-refractivity contribution in [3.05, 3.63) is 71.9 Å².